The largest absolute Gasteiger partial charge is 0.489 e. The first-order valence-electron chi connectivity index (χ1n) is 8.51. The summed E-state index contributed by atoms with van der Waals surface area (Å²) in [6, 6.07) is 4.11. The number of aryl methyl sites for hydroxylation is 2. The van der Waals surface area contributed by atoms with E-state index in [-0.39, 0.29) is 0 Å². The first kappa shape index (κ1) is 24.6. The van der Waals surface area contributed by atoms with E-state index in [2.05, 4.69) is 23.4 Å². The minimum absolute atomic E-state index is 0.414. The number of carbonyl (C=O) groups excluding carboxylic acids is 1. The maximum absolute atomic E-state index is 11.3. The van der Waals surface area contributed by atoms with E-state index in [0.717, 1.165) is 40.7 Å². The first-order valence-corrected chi connectivity index (χ1v) is 8.51. The molecule has 3 nitrogen and oxygen atoms in total. The highest BCUT2D eigenvalue weighted by Crippen LogP contribution is 2.32. The molecule has 1 aromatic rings. The van der Waals surface area contributed by atoms with Gasteiger partial charge in [-0.2, -0.15) is 0 Å². The molecular formula is C21H36O3. The fourth-order valence-electron chi connectivity index (χ4n) is 2.06. The van der Waals surface area contributed by atoms with Crippen molar-refractivity contribution in [3.8, 4) is 5.75 Å². The molecule has 138 valence electrons. The van der Waals surface area contributed by atoms with Crippen LogP contribution in [-0.4, -0.2) is 27.1 Å². The van der Waals surface area contributed by atoms with Crippen molar-refractivity contribution >= 4 is 6.29 Å². The molecule has 0 saturated heterocycles. The molecule has 0 bridgehead atoms. The number of aldehydes is 1. The summed E-state index contributed by atoms with van der Waals surface area (Å²) in [4.78, 5) is 11.3. The zero-order valence-corrected chi connectivity index (χ0v) is 17.1. The van der Waals surface area contributed by atoms with Gasteiger partial charge in [0.25, 0.3) is 0 Å². The minimum Gasteiger partial charge on any atom is -0.489 e. The zero-order chi connectivity index (χ0) is 19.3. The predicted molar refractivity (Wildman–Crippen MR) is 104 cm³/mol. The molecule has 0 aromatic heterocycles. The van der Waals surface area contributed by atoms with Crippen LogP contribution in [0.2, 0.25) is 0 Å². The van der Waals surface area contributed by atoms with Gasteiger partial charge in [-0.25, -0.2) is 0 Å². The van der Waals surface area contributed by atoms with Gasteiger partial charge >= 0.3 is 0 Å². The van der Waals surface area contributed by atoms with Crippen LogP contribution in [0.3, 0.4) is 0 Å². The maximum atomic E-state index is 11.3. The summed E-state index contributed by atoms with van der Waals surface area (Å²) in [5.74, 6) is 0.899. The standard InChI is InChI=1S/C17H24O2.C2H6O.C2H6/c1-7-17(6,11-18)15-8-13(4)16(14(5)9-15)19-10-12(2)3;1-3-2;1-2/h8-9,11H,2,7,10H2,1,3-6H3;1-2H3;1-2H3. The average Bonchev–Trinajstić information content (AvgIpc) is 2.55. The first-order chi connectivity index (χ1) is 11.2. The molecule has 0 amide bonds. The summed E-state index contributed by atoms with van der Waals surface area (Å²) in [5.41, 5.74) is 3.77. The smallest absolute Gasteiger partial charge is 0.130 e. The van der Waals surface area contributed by atoms with E-state index in [9.17, 15) is 4.79 Å². The molecule has 1 aromatic carbocycles. The van der Waals surface area contributed by atoms with Crippen LogP contribution in [0.4, 0.5) is 0 Å². The Labute approximate surface area is 149 Å². The van der Waals surface area contributed by atoms with Gasteiger partial charge in [-0.1, -0.05) is 39.5 Å². The molecule has 1 atom stereocenters. The number of hydrogen-bond acceptors (Lipinski definition) is 3. The van der Waals surface area contributed by atoms with Crippen molar-refractivity contribution in [1.29, 1.82) is 0 Å². The summed E-state index contributed by atoms with van der Waals surface area (Å²) in [6.45, 7) is 18.4. The van der Waals surface area contributed by atoms with Crippen molar-refractivity contribution in [2.45, 2.75) is 60.3 Å². The molecule has 0 heterocycles. The lowest BCUT2D eigenvalue weighted by atomic mass is 9.80. The highest BCUT2D eigenvalue weighted by atomic mass is 16.5. The summed E-state index contributed by atoms with van der Waals surface area (Å²) < 4.78 is 10.0. The Hall–Kier alpha value is -1.61. The van der Waals surface area contributed by atoms with E-state index in [1.165, 1.54) is 0 Å². The van der Waals surface area contributed by atoms with E-state index in [0.29, 0.717) is 6.61 Å². The van der Waals surface area contributed by atoms with Crippen LogP contribution in [0.5, 0.6) is 5.75 Å². The Bertz CT molecular complexity index is 483. The van der Waals surface area contributed by atoms with Gasteiger partial charge in [-0.15, -0.1) is 0 Å². The minimum atomic E-state index is -0.414. The van der Waals surface area contributed by atoms with Gasteiger partial charge in [0.15, 0.2) is 0 Å². The van der Waals surface area contributed by atoms with E-state index < -0.39 is 5.41 Å². The number of carbonyl (C=O) groups is 1. The highest BCUT2D eigenvalue weighted by molar-refractivity contribution is 5.68. The van der Waals surface area contributed by atoms with Crippen LogP contribution in [0.15, 0.2) is 24.3 Å². The molecule has 3 heteroatoms. The van der Waals surface area contributed by atoms with Crippen molar-refractivity contribution in [3.05, 3.63) is 41.0 Å². The number of ether oxygens (including phenoxy) is 2. The van der Waals surface area contributed by atoms with E-state index in [1.54, 1.807) is 14.2 Å². The van der Waals surface area contributed by atoms with Crippen molar-refractivity contribution in [1.82, 2.24) is 0 Å². The fourth-order valence-corrected chi connectivity index (χ4v) is 2.06. The van der Waals surface area contributed by atoms with Crippen LogP contribution >= 0.6 is 0 Å². The SMILES string of the molecule is C=C(C)COc1c(C)cc(C(C)(C=O)CC)cc1C.CC.COC. The summed E-state index contributed by atoms with van der Waals surface area (Å²) >= 11 is 0. The van der Waals surface area contributed by atoms with Crippen LogP contribution in [0, 0.1) is 13.8 Å². The topological polar surface area (TPSA) is 35.5 Å². The molecule has 0 N–H and O–H groups in total. The second-order valence-electron chi connectivity index (χ2n) is 5.98. The molecule has 0 aliphatic carbocycles. The van der Waals surface area contributed by atoms with Crippen molar-refractivity contribution in [3.63, 3.8) is 0 Å². The normalized spacial score (nSPS) is 11.9. The predicted octanol–water partition coefficient (Wildman–Crippen LogP) is 5.41. The zero-order valence-electron chi connectivity index (χ0n) is 17.1. The van der Waals surface area contributed by atoms with Gasteiger partial charge in [0.1, 0.15) is 18.6 Å². The molecule has 0 radical (unpaired) electrons. The quantitative estimate of drug-likeness (QED) is 0.514. The Morgan fingerprint density at radius 3 is 1.92 bits per heavy atom. The molecule has 0 fully saturated rings. The Balaban J connectivity index is 0. The van der Waals surface area contributed by atoms with E-state index in [1.807, 2.05) is 48.5 Å². The van der Waals surface area contributed by atoms with Gasteiger partial charge in [-0.3, -0.25) is 0 Å². The Morgan fingerprint density at radius 2 is 1.62 bits per heavy atom. The summed E-state index contributed by atoms with van der Waals surface area (Å²) in [7, 11) is 3.25. The van der Waals surface area contributed by atoms with Crippen LogP contribution in [-0.2, 0) is 14.9 Å². The van der Waals surface area contributed by atoms with Crippen LogP contribution in [0.25, 0.3) is 0 Å². The molecule has 0 aliphatic rings. The molecular weight excluding hydrogens is 300 g/mol. The maximum Gasteiger partial charge on any atom is 0.130 e. The second kappa shape index (κ2) is 12.8. The van der Waals surface area contributed by atoms with Crippen molar-refractivity contribution in [2.24, 2.45) is 0 Å². The molecule has 0 spiro atoms. The van der Waals surface area contributed by atoms with Crippen molar-refractivity contribution < 1.29 is 14.3 Å². The van der Waals surface area contributed by atoms with Crippen LogP contribution < -0.4 is 4.74 Å². The summed E-state index contributed by atoms with van der Waals surface area (Å²) in [5, 5.41) is 0. The van der Waals surface area contributed by atoms with E-state index >= 15 is 0 Å². The van der Waals surface area contributed by atoms with Gasteiger partial charge in [-0.05, 0) is 56.4 Å². The third-order valence-corrected chi connectivity index (χ3v) is 3.58. The lowest BCUT2D eigenvalue weighted by Gasteiger charge is -2.24. The van der Waals surface area contributed by atoms with Gasteiger partial charge in [0.05, 0.1) is 0 Å². The summed E-state index contributed by atoms with van der Waals surface area (Å²) in [6.07, 6.45) is 1.83. The number of methoxy groups -OCH3 is 1. The van der Waals surface area contributed by atoms with Crippen molar-refractivity contribution in [2.75, 3.05) is 20.8 Å². The van der Waals surface area contributed by atoms with Gasteiger partial charge in [0, 0.05) is 19.6 Å². The van der Waals surface area contributed by atoms with E-state index in [4.69, 9.17) is 4.74 Å². The third kappa shape index (κ3) is 7.78. The molecule has 1 unspecified atom stereocenters. The second-order valence-corrected chi connectivity index (χ2v) is 5.98. The lowest BCUT2D eigenvalue weighted by Crippen LogP contribution is -2.23. The third-order valence-electron chi connectivity index (χ3n) is 3.58. The Kier molecular flexibility index (Phi) is 13.1. The molecule has 1 rings (SSSR count). The Morgan fingerprint density at radius 1 is 1.21 bits per heavy atom. The number of rotatable bonds is 6. The molecule has 24 heavy (non-hydrogen) atoms. The van der Waals surface area contributed by atoms with Gasteiger partial charge in [0.2, 0.25) is 0 Å². The molecule has 0 saturated carbocycles. The molecule has 0 aliphatic heterocycles. The highest BCUT2D eigenvalue weighted by Gasteiger charge is 2.25. The fraction of sp³-hybridized carbons (Fsp3) is 0.571. The van der Waals surface area contributed by atoms with Gasteiger partial charge < -0.3 is 14.3 Å². The monoisotopic (exact) mass is 336 g/mol. The van der Waals surface area contributed by atoms with Crippen LogP contribution in [0.1, 0.15) is 57.7 Å². The lowest BCUT2D eigenvalue weighted by molar-refractivity contribution is -0.112. The number of benzene rings is 1. The number of hydrogen-bond donors (Lipinski definition) is 0. The average molecular weight is 337 g/mol.